The van der Waals surface area contributed by atoms with E-state index in [0.717, 1.165) is 17.2 Å². The third-order valence-corrected chi connectivity index (χ3v) is 4.21. The van der Waals surface area contributed by atoms with Crippen LogP contribution in [-0.4, -0.2) is 4.98 Å². The highest BCUT2D eigenvalue weighted by Crippen LogP contribution is 2.22. The van der Waals surface area contributed by atoms with E-state index in [1.807, 2.05) is 0 Å². The zero-order valence-electron chi connectivity index (χ0n) is 11.3. The Balaban J connectivity index is 1.99. The summed E-state index contributed by atoms with van der Waals surface area (Å²) in [5, 5.41) is 0.720. The number of hydrogen-bond donors (Lipinski definition) is 1. The summed E-state index contributed by atoms with van der Waals surface area (Å²) in [5.41, 5.74) is 6.82. The lowest BCUT2D eigenvalue weighted by atomic mass is 10.1. The van der Waals surface area contributed by atoms with Crippen molar-refractivity contribution in [3.8, 4) is 0 Å². The van der Waals surface area contributed by atoms with Crippen LogP contribution < -0.4 is 5.73 Å². The Bertz CT molecular complexity index is 307. The number of rotatable bonds is 9. The fraction of sp³-hybridized carbons (Fsp3) is 0.786. The molecule has 0 saturated carbocycles. The molecule has 2 N–H and O–H groups in total. The molecule has 1 aromatic rings. The molecule has 0 fully saturated rings. The van der Waals surface area contributed by atoms with Crippen molar-refractivity contribution in [1.82, 2.24) is 4.98 Å². The molecule has 0 aromatic carbocycles. The minimum Gasteiger partial charge on any atom is -0.375 e. The average Bonchev–Trinajstić information content (AvgIpc) is 2.61. The highest BCUT2D eigenvalue weighted by molar-refractivity contribution is 7.15. The van der Waals surface area contributed by atoms with Crippen molar-refractivity contribution in [3.05, 3.63) is 10.6 Å². The molecule has 0 aliphatic heterocycles. The van der Waals surface area contributed by atoms with E-state index in [1.165, 1.54) is 56.2 Å². The third kappa shape index (κ3) is 6.06. The molecule has 2 nitrogen and oxygen atoms in total. The third-order valence-electron chi connectivity index (χ3n) is 3.17. The van der Waals surface area contributed by atoms with Crippen molar-refractivity contribution >= 4 is 16.5 Å². The first-order valence-electron chi connectivity index (χ1n) is 6.95. The van der Waals surface area contributed by atoms with E-state index < -0.39 is 0 Å². The lowest BCUT2D eigenvalue weighted by molar-refractivity contribution is 0.576. The molecule has 0 bridgehead atoms. The van der Waals surface area contributed by atoms with E-state index >= 15 is 0 Å². The van der Waals surface area contributed by atoms with E-state index in [-0.39, 0.29) is 0 Å². The van der Waals surface area contributed by atoms with E-state index in [0.29, 0.717) is 0 Å². The second-order valence-corrected chi connectivity index (χ2v) is 5.90. The highest BCUT2D eigenvalue weighted by atomic mass is 32.1. The van der Waals surface area contributed by atoms with Gasteiger partial charge >= 0.3 is 0 Å². The van der Waals surface area contributed by atoms with E-state index in [4.69, 9.17) is 5.73 Å². The Hall–Kier alpha value is -0.570. The normalized spacial score (nSPS) is 10.9. The smallest absolute Gasteiger partial charge is 0.180 e. The van der Waals surface area contributed by atoms with Gasteiger partial charge in [-0.1, -0.05) is 51.9 Å². The second kappa shape index (κ2) is 8.51. The molecule has 0 unspecified atom stereocenters. The summed E-state index contributed by atoms with van der Waals surface area (Å²) in [4.78, 5) is 5.64. The van der Waals surface area contributed by atoms with Crippen LogP contribution in [0, 0.1) is 6.92 Å². The molecule has 0 atom stereocenters. The fourth-order valence-electron chi connectivity index (χ4n) is 2.10. The molecule has 0 aliphatic carbocycles. The summed E-state index contributed by atoms with van der Waals surface area (Å²) in [6.45, 7) is 4.33. The zero-order chi connectivity index (χ0) is 12.5. The largest absolute Gasteiger partial charge is 0.375 e. The van der Waals surface area contributed by atoms with Gasteiger partial charge in [0.05, 0.1) is 5.69 Å². The predicted molar refractivity (Wildman–Crippen MR) is 77.6 cm³/mol. The molecule has 1 rings (SSSR count). The van der Waals surface area contributed by atoms with Gasteiger partial charge < -0.3 is 5.73 Å². The van der Waals surface area contributed by atoms with Crippen LogP contribution in [0.3, 0.4) is 0 Å². The van der Waals surface area contributed by atoms with Crippen LogP contribution in [-0.2, 0) is 6.42 Å². The first-order chi connectivity index (χ1) is 8.24. The topological polar surface area (TPSA) is 38.9 Å². The maximum absolute atomic E-state index is 5.69. The monoisotopic (exact) mass is 254 g/mol. The van der Waals surface area contributed by atoms with E-state index in [1.54, 1.807) is 11.3 Å². The molecule has 0 spiro atoms. The number of hydrogen-bond acceptors (Lipinski definition) is 3. The second-order valence-electron chi connectivity index (χ2n) is 4.79. The van der Waals surface area contributed by atoms with E-state index in [9.17, 15) is 0 Å². The Kier molecular flexibility index (Phi) is 7.25. The van der Waals surface area contributed by atoms with Crippen molar-refractivity contribution in [2.24, 2.45) is 0 Å². The molecule has 98 valence electrons. The van der Waals surface area contributed by atoms with Gasteiger partial charge in [-0.15, -0.1) is 11.3 Å². The van der Waals surface area contributed by atoms with Crippen LogP contribution in [0.5, 0.6) is 0 Å². The quantitative estimate of drug-likeness (QED) is 0.648. The lowest BCUT2D eigenvalue weighted by Crippen LogP contribution is -1.86. The number of unbranched alkanes of at least 4 members (excludes halogenated alkanes) is 7. The number of aryl methyl sites for hydroxylation is 2. The number of nitrogens with two attached hydrogens (primary N) is 1. The standard InChI is InChI=1S/C14H26N2S/c1-3-4-5-6-7-8-9-10-11-13-12(2)16-14(15)17-13/h3-11H2,1-2H3,(H2,15,16). The Morgan fingerprint density at radius 2 is 1.59 bits per heavy atom. The molecule has 0 radical (unpaired) electrons. The van der Waals surface area contributed by atoms with Gasteiger partial charge in [0.15, 0.2) is 5.13 Å². The number of anilines is 1. The Morgan fingerprint density at radius 3 is 2.12 bits per heavy atom. The van der Waals surface area contributed by atoms with Crippen LogP contribution in [0.25, 0.3) is 0 Å². The minimum atomic E-state index is 0.720. The number of aromatic nitrogens is 1. The predicted octanol–water partition coefficient (Wildman–Crippen LogP) is 4.72. The average molecular weight is 254 g/mol. The number of thiazole rings is 1. The highest BCUT2D eigenvalue weighted by Gasteiger charge is 2.04. The fourth-order valence-corrected chi connectivity index (χ4v) is 2.98. The lowest BCUT2D eigenvalue weighted by Gasteiger charge is -2.01. The number of nitrogens with zero attached hydrogens (tertiary/aromatic N) is 1. The molecular weight excluding hydrogens is 228 g/mol. The minimum absolute atomic E-state index is 0.720. The first-order valence-corrected chi connectivity index (χ1v) is 7.77. The van der Waals surface area contributed by atoms with Gasteiger partial charge in [0.25, 0.3) is 0 Å². The van der Waals surface area contributed by atoms with Gasteiger partial charge in [0.1, 0.15) is 0 Å². The van der Waals surface area contributed by atoms with Gasteiger partial charge in [-0.05, 0) is 19.8 Å². The van der Waals surface area contributed by atoms with Crippen LogP contribution in [0.1, 0.15) is 68.9 Å². The van der Waals surface area contributed by atoms with Gasteiger partial charge in [-0.3, -0.25) is 0 Å². The van der Waals surface area contributed by atoms with Crippen LogP contribution in [0.2, 0.25) is 0 Å². The van der Waals surface area contributed by atoms with Crippen LogP contribution in [0.15, 0.2) is 0 Å². The van der Waals surface area contributed by atoms with Crippen molar-refractivity contribution in [2.45, 2.75) is 71.6 Å². The molecule has 17 heavy (non-hydrogen) atoms. The molecule has 3 heteroatoms. The van der Waals surface area contributed by atoms with Gasteiger partial charge in [0, 0.05) is 4.88 Å². The SMILES string of the molecule is CCCCCCCCCCc1sc(N)nc1C. The van der Waals surface area contributed by atoms with Crippen molar-refractivity contribution in [2.75, 3.05) is 5.73 Å². The number of nitrogen functional groups attached to an aromatic ring is 1. The summed E-state index contributed by atoms with van der Waals surface area (Å²) >= 11 is 1.66. The summed E-state index contributed by atoms with van der Waals surface area (Å²) < 4.78 is 0. The maximum atomic E-state index is 5.69. The van der Waals surface area contributed by atoms with Gasteiger partial charge in [0.2, 0.25) is 0 Å². The Labute approximate surface area is 110 Å². The maximum Gasteiger partial charge on any atom is 0.180 e. The van der Waals surface area contributed by atoms with Crippen molar-refractivity contribution in [1.29, 1.82) is 0 Å². The molecule has 0 amide bonds. The van der Waals surface area contributed by atoms with Gasteiger partial charge in [-0.2, -0.15) is 0 Å². The molecule has 0 aliphatic rings. The molecular formula is C14H26N2S. The van der Waals surface area contributed by atoms with Gasteiger partial charge in [-0.25, -0.2) is 4.98 Å². The molecule has 0 saturated heterocycles. The summed E-state index contributed by atoms with van der Waals surface area (Å²) in [6, 6.07) is 0. The van der Waals surface area contributed by atoms with Crippen LogP contribution in [0.4, 0.5) is 5.13 Å². The summed E-state index contributed by atoms with van der Waals surface area (Å²) in [6.07, 6.45) is 12.2. The molecule has 1 heterocycles. The Morgan fingerprint density at radius 1 is 1.00 bits per heavy atom. The zero-order valence-corrected chi connectivity index (χ0v) is 12.1. The molecule has 1 aromatic heterocycles. The van der Waals surface area contributed by atoms with Crippen molar-refractivity contribution < 1.29 is 0 Å². The van der Waals surface area contributed by atoms with Crippen molar-refractivity contribution in [3.63, 3.8) is 0 Å². The summed E-state index contributed by atoms with van der Waals surface area (Å²) in [5.74, 6) is 0. The van der Waals surface area contributed by atoms with E-state index in [2.05, 4.69) is 18.8 Å². The summed E-state index contributed by atoms with van der Waals surface area (Å²) in [7, 11) is 0. The van der Waals surface area contributed by atoms with Crippen LogP contribution >= 0.6 is 11.3 Å². The first kappa shape index (κ1) is 14.5.